The number of allylic oxidation sites excluding steroid dienone is 1. The molecule has 0 saturated carbocycles. The first-order valence-electron chi connectivity index (χ1n) is 9.01. The van der Waals surface area contributed by atoms with Gasteiger partial charge in [0.05, 0.1) is 28.3 Å². The minimum absolute atomic E-state index is 0.113. The number of nitrogens with one attached hydrogen (secondary N) is 2. The van der Waals surface area contributed by atoms with Gasteiger partial charge in [-0.2, -0.15) is 0 Å². The van der Waals surface area contributed by atoms with E-state index in [4.69, 9.17) is 32.7 Å². The minimum Gasteiger partial charge on any atom is -0.491 e. The highest BCUT2D eigenvalue weighted by atomic mass is 35.5. The normalized spacial score (nSPS) is 16.1. The number of benzene rings is 2. The number of halogens is 2. The lowest BCUT2D eigenvalue weighted by Gasteiger charge is -2.28. The number of carbonyl (C=O) groups excluding carboxylic acids is 2. The summed E-state index contributed by atoms with van der Waals surface area (Å²) < 4.78 is 10.9. The second-order valence-corrected chi connectivity index (χ2v) is 7.19. The van der Waals surface area contributed by atoms with Crippen LogP contribution in [0.4, 0.5) is 4.79 Å². The van der Waals surface area contributed by atoms with E-state index in [0.29, 0.717) is 23.6 Å². The van der Waals surface area contributed by atoms with Crippen molar-refractivity contribution in [1.82, 2.24) is 10.6 Å². The Kier molecular flexibility index (Phi) is 6.67. The Balaban J connectivity index is 1.91. The van der Waals surface area contributed by atoms with Crippen LogP contribution in [0.25, 0.3) is 0 Å². The summed E-state index contributed by atoms with van der Waals surface area (Å²) in [5.74, 6) is -0.196. The average Bonchev–Trinajstić information content (AvgIpc) is 2.69. The number of urea groups is 1. The summed E-state index contributed by atoms with van der Waals surface area (Å²) in [7, 11) is 0. The lowest BCUT2D eigenvalue weighted by atomic mass is 9.95. The smallest absolute Gasteiger partial charge is 0.338 e. The lowest BCUT2D eigenvalue weighted by molar-refractivity contribution is -0.140. The van der Waals surface area contributed by atoms with Crippen molar-refractivity contribution < 1.29 is 19.1 Å². The fourth-order valence-electron chi connectivity index (χ4n) is 3.04. The Bertz CT molecular complexity index is 937. The maximum atomic E-state index is 12.8. The molecule has 0 radical (unpaired) electrons. The lowest BCUT2D eigenvalue weighted by Crippen LogP contribution is -2.45. The Morgan fingerprint density at radius 3 is 2.41 bits per heavy atom. The van der Waals surface area contributed by atoms with E-state index in [-0.39, 0.29) is 22.2 Å². The van der Waals surface area contributed by atoms with Crippen molar-refractivity contribution >= 4 is 35.2 Å². The van der Waals surface area contributed by atoms with E-state index in [1.54, 1.807) is 19.1 Å². The highest BCUT2D eigenvalue weighted by Crippen LogP contribution is 2.38. The summed E-state index contributed by atoms with van der Waals surface area (Å²) in [5, 5.41) is 5.92. The first-order valence-corrected chi connectivity index (χ1v) is 9.77. The molecular formula is C21H20Cl2N2O4. The first-order chi connectivity index (χ1) is 13.9. The molecule has 152 valence electrons. The van der Waals surface area contributed by atoms with Gasteiger partial charge in [0.2, 0.25) is 0 Å². The van der Waals surface area contributed by atoms with Gasteiger partial charge in [0.15, 0.2) is 5.75 Å². The molecule has 1 atom stereocenters. The van der Waals surface area contributed by atoms with Crippen LogP contribution in [0.5, 0.6) is 5.75 Å². The highest BCUT2D eigenvalue weighted by Gasteiger charge is 2.33. The third-order valence-corrected chi connectivity index (χ3v) is 4.91. The number of carbonyl (C=O) groups is 2. The molecule has 8 heteroatoms. The molecule has 2 aromatic carbocycles. The molecule has 0 aliphatic carbocycles. The molecule has 0 aromatic heterocycles. The molecule has 3 rings (SSSR count). The van der Waals surface area contributed by atoms with Gasteiger partial charge in [-0.15, -0.1) is 0 Å². The molecule has 2 aromatic rings. The van der Waals surface area contributed by atoms with E-state index >= 15 is 0 Å². The van der Waals surface area contributed by atoms with Gasteiger partial charge in [0, 0.05) is 5.70 Å². The van der Waals surface area contributed by atoms with Crippen molar-refractivity contribution in [2.45, 2.75) is 26.5 Å². The van der Waals surface area contributed by atoms with Crippen LogP contribution in [-0.4, -0.2) is 18.6 Å². The van der Waals surface area contributed by atoms with Crippen molar-refractivity contribution in [3.8, 4) is 5.75 Å². The van der Waals surface area contributed by atoms with Gasteiger partial charge in [-0.1, -0.05) is 53.5 Å². The van der Waals surface area contributed by atoms with E-state index in [1.807, 2.05) is 37.3 Å². The maximum absolute atomic E-state index is 12.8. The molecule has 1 heterocycles. The predicted octanol–water partition coefficient (Wildman–Crippen LogP) is 4.76. The van der Waals surface area contributed by atoms with E-state index in [9.17, 15) is 9.59 Å². The summed E-state index contributed by atoms with van der Waals surface area (Å²) in [6.07, 6.45) is 0. The largest absolute Gasteiger partial charge is 0.491 e. The van der Waals surface area contributed by atoms with Crippen LogP contribution >= 0.6 is 23.2 Å². The molecule has 0 fully saturated rings. The van der Waals surface area contributed by atoms with Crippen LogP contribution in [0.2, 0.25) is 10.0 Å². The number of hydrogen-bond donors (Lipinski definition) is 2. The van der Waals surface area contributed by atoms with Gasteiger partial charge in [0.1, 0.15) is 6.61 Å². The van der Waals surface area contributed by atoms with Crippen molar-refractivity contribution in [1.29, 1.82) is 0 Å². The third-order valence-electron chi connectivity index (χ3n) is 4.34. The number of hydrogen-bond acceptors (Lipinski definition) is 4. The zero-order valence-electron chi connectivity index (χ0n) is 15.9. The summed E-state index contributed by atoms with van der Waals surface area (Å²) >= 11 is 12.6. The molecular weight excluding hydrogens is 415 g/mol. The standard InChI is InChI=1S/C21H20Cl2N2O4/c1-3-28-19-15(22)9-14(10-16(19)23)18-17(12(2)24-21(27)25-18)20(26)29-11-13-7-5-4-6-8-13/h4-10,18H,3,11H2,1-2H3,(H2,24,25,27). The Hall–Kier alpha value is -2.70. The van der Waals surface area contributed by atoms with Crippen molar-refractivity contribution in [2.75, 3.05) is 6.61 Å². The van der Waals surface area contributed by atoms with Crippen LogP contribution in [0.3, 0.4) is 0 Å². The van der Waals surface area contributed by atoms with Crippen LogP contribution in [-0.2, 0) is 16.1 Å². The minimum atomic E-state index is -0.766. The van der Waals surface area contributed by atoms with E-state index in [1.165, 1.54) is 0 Å². The average molecular weight is 435 g/mol. The zero-order valence-corrected chi connectivity index (χ0v) is 17.4. The predicted molar refractivity (Wildman–Crippen MR) is 111 cm³/mol. The summed E-state index contributed by atoms with van der Waals surface area (Å²) in [6, 6.07) is 11.4. The van der Waals surface area contributed by atoms with Crippen LogP contribution in [0, 0.1) is 0 Å². The molecule has 0 bridgehead atoms. The number of ether oxygens (including phenoxy) is 2. The fourth-order valence-corrected chi connectivity index (χ4v) is 3.66. The van der Waals surface area contributed by atoms with E-state index < -0.39 is 18.0 Å². The van der Waals surface area contributed by atoms with Crippen molar-refractivity contribution in [2.24, 2.45) is 0 Å². The van der Waals surface area contributed by atoms with E-state index in [0.717, 1.165) is 5.56 Å². The van der Waals surface area contributed by atoms with Gasteiger partial charge >= 0.3 is 12.0 Å². The van der Waals surface area contributed by atoms with Crippen LogP contribution in [0.1, 0.15) is 31.0 Å². The van der Waals surface area contributed by atoms with Gasteiger partial charge in [0.25, 0.3) is 0 Å². The summed E-state index contributed by atoms with van der Waals surface area (Å²) in [6.45, 7) is 3.98. The number of amides is 2. The topological polar surface area (TPSA) is 76.7 Å². The fraction of sp³-hybridized carbons (Fsp3) is 0.238. The van der Waals surface area contributed by atoms with Gasteiger partial charge in [-0.25, -0.2) is 9.59 Å². The summed E-state index contributed by atoms with van der Waals surface area (Å²) in [4.78, 5) is 24.9. The molecule has 29 heavy (non-hydrogen) atoms. The third kappa shape index (κ3) is 4.83. The molecule has 0 saturated heterocycles. The van der Waals surface area contributed by atoms with Gasteiger partial charge < -0.3 is 20.1 Å². The molecule has 6 nitrogen and oxygen atoms in total. The second-order valence-electron chi connectivity index (χ2n) is 6.38. The Labute approximate surface area is 178 Å². The zero-order chi connectivity index (χ0) is 21.0. The first kappa shape index (κ1) is 21.0. The second kappa shape index (κ2) is 9.20. The SMILES string of the molecule is CCOc1c(Cl)cc(C2NC(=O)NC(C)=C2C(=O)OCc2ccccc2)cc1Cl. The maximum Gasteiger partial charge on any atom is 0.338 e. The molecule has 1 aliphatic rings. The van der Waals surface area contributed by atoms with E-state index in [2.05, 4.69) is 10.6 Å². The van der Waals surface area contributed by atoms with Crippen LogP contribution < -0.4 is 15.4 Å². The quantitative estimate of drug-likeness (QED) is 0.642. The van der Waals surface area contributed by atoms with Crippen LogP contribution in [0.15, 0.2) is 53.7 Å². The van der Waals surface area contributed by atoms with Gasteiger partial charge in [-0.05, 0) is 37.1 Å². The van der Waals surface area contributed by atoms with Gasteiger partial charge in [-0.3, -0.25) is 0 Å². The molecule has 1 aliphatic heterocycles. The molecule has 0 spiro atoms. The van der Waals surface area contributed by atoms with Crippen molar-refractivity contribution in [3.05, 3.63) is 74.9 Å². The Morgan fingerprint density at radius 2 is 1.79 bits per heavy atom. The molecule has 1 unspecified atom stereocenters. The number of rotatable bonds is 6. The Morgan fingerprint density at radius 1 is 1.14 bits per heavy atom. The molecule has 2 amide bonds. The number of esters is 1. The monoisotopic (exact) mass is 434 g/mol. The highest BCUT2D eigenvalue weighted by molar-refractivity contribution is 6.37. The molecule has 2 N–H and O–H groups in total. The summed E-state index contributed by atoms with van der Waals surface area (Å²) in [5.41, 5.74) is 2.08. The van der Waals surface area contributed by atoms with Crippen molar-refractivity contribution in [3.63, 3.8) is 0 Å².